The third kappa shape index (κ3) is 3.03. The van der Waals surface area contributed by atoms with Gasteiger partial charge in [0.05, 0.1) is 5.75 Å². The van der Waals surface area contributed by atoms with Gasteiger partial charge in [0.25, 0.3) is 0 Å². The molecule has 0 fully saturated rings. The van der Waals surface area contributed by atoms with Crippen molar-refractivity contribution in [1.82, 2.24) is 19.8 Å². The zero-order valence-electron chi connectivity index (χ0n) is 15.0. The van der Waals surface area contributed by atoms with Crippen LogP contribution < -0.4 is 4.90 Å². The van der Waals surface area contributed by atoms with E-state index in [-0.39, 0.29) is 5.91 Å². The average molecular weight is 387 g/mol. The van der Waals surface area contributed by atoms with Crippen molar-refractivity contribution in [3.8, 4) is 11.4 Å². The number of nitrogens with zero attached hydrogens (tertiary/aromatic N) is 5. The molecule has 28 heavy (non-hydrogen) atoms. The van der Waals surface area contributed by atoms with E-state index in [9.17, 15) is 4.79 Å². The molecule has 0 atom stereocenters. The lowest BCUT2D eigenvalue weighted by Gasteiger charge is -2.16. The second kappa shape index (κ2) is 7.09. The van der Waals surface area contributed by atoms with Crippen LogP contribution in [0.3, 0.4) is 0 Å². The highest BCUT2D eigenvalue weighted by Crippen LogP contribution is 2.29. The Morgan fingerprint density at radius 3 is 2.68 bits per heavy atom. The van der Waals surface area contributed by atoms with Crippen LogP contribution in [0, 0.1) is 0 Å². The van der Waals surface area contributed by atoms with E-state index in [2.05, 4.69) is 21.4 Å². The summed E-state index contributed by atoms with van der Waals surface area (Å²) in [6.07, 6.45) is 0.915. The Balaban J connectivity index is 1.35. The number of benzene rings is 2. The number of anilines is 1. The number of aromatic nitrogens is 4. The van der Waals surface area contributed by atoms with Crippen LogP contribution in [0.1, 0.15) is 5.56 Å². The molecule has 1 amide bonds. The molecule has 4 aromatic rings. The highest BCUT2D eigenvalue weighted by molar-refractivity contribution is 7.99. The molecule has 0 saturated carbocycles. The summed E-state index contributed by atoms with van der Waals surface area (Å²) in [6.45, 7) is 0.745. The largest absolute Gasteiger partial charge is 0.311 e. The van der Waals surface area contributed by atoms with Crippen LogP contribution >= 0.6 is 11.8 Å². The minimum absolute atomic E-state index is 0.101. The van der Waals surface area contributed by atoms with Crippen LogP contribution in [0.2, 0.25) is 0 Å². The van der Waals surface area contributed by atoms with Crippen molar-refractivity contribution in [2.45, 2.75) is 11.4 Å². The lowest BCUT2D eigenvalue weighted by atomic mass is 10.2. The zero-order chi connectivity index (χ0) is 18.9. The molecule has 0 unspecified atom stereocenters. The van der Waals surface area contributed by atoms with Gasteiger partial charge >= 0.3 is 0 Å². The third-order valence-corrected chi connectivity index (χ3v) is 5.71. The molecular weight excluding hydrogens is 370 g/mol. The second-order valence-corrected chi connectivity index (χ2v) is 7.54. The van der Waals surface area contributed by atoms with Gasteiger partial charge in [-0.15, -0.1) is 10.2 Å². The molecule has 0 radical (unpaired) electrons. The predicted molar refractivity (Wildman–Crippen MR) is 109 cm³/mol. The number of para-hydroxylation sites is 1. The molecule has 0 bridgehead atoms. The fourth-order valence-electron chi connectivity index (χ4n) is 3.43. The monoisotopic (exact) mass is 387 g/mol. The number of amides is 1. The number of carbonyl (C=O) groups is 1. The van der Waals surface area contributed by atoms with Gasteiger partial charge in [-0.3, -0.25) is 4.79 Å². The molecule has 0 saturated heterocycles. The summed E-state index contributed by atoms with van der Waals surface area (Å²) in [4.78, 5) is 14.6. The Kier molecular flexibility index (Phi) is 4.29. The summed E-state index contributed by atoms with van der Waals surface area (Å²) in [5.74, 6) is 1.14. The van der Waals surface area contributed by atoms with Crippen LogP contribution in [-0.4, -0.2) is 38.0 Å². The lowest BCUT2D eigenvalue weighted by Crippen LogP contribution is -2.30. The highest BCUT2D eigenvalue weighted by Gasteiger charge is 2.24. The molecular formula is C21H17N5OS. The first-order valence-corrected chi connectivity index (χ1v) is 10.1. The van der Waals surface area contributed by atoms with Crippen LogP contribution in [0.15, 0.2) is 71.8 Å². The topological polar surface area (TPSA) is 63.4 Å². The molecule has 2 aromatic carbocycles. The summed E-state index contributed by atoms with van der Waals surface area (Å²) < 4.78 is 1.73. The lowest BCUT2D eigenvalue weighted by molar-refractivity contribution is -0.116. The molecule has 0 aliphatic carbocycles. The van der Waals surface area contributed by atoms with Crippen LogP contribution in [0.5, 0.6) is 0 Å². The van der Waals surface area contributed by atoms with Gasteiger partial charge in [0.15, 0.2) is 11.5 Å². The Morgan fingerprint density at radius 2 is 1.79 bits per heavy atom. The van der Waals surface area contributed by atoms with Gasteiger partial charge in [0.2, 0.25) is 5.91 Å². The normalized spacial score (nSPS) is 13.1. The first-order chi connectivity index (χ1) is 13.8. The zero-order valence-corrected chi connectivity index (χ0v) is 15.8. The highest BCUT2D eigenvalue weighted by atomic mass is 32.2. The smallest absolute Gasteiger partial charge is 0.237 e. The minimum atomic E-state index is 0.101. The number of rotatable bonds is 4. The number of carbonyl (C=O) groups excluding carboxylic acids is 1. The molecule has 7 heteroatoms. The number of fused-ring (bicyclic) bond motifs is 2. The van der Waals surface area contributed by atoms with Crippen LogP contribution in [0.25, 0.3) is 17.0 Å². The van der Waals surface area contributed by atoms with Gasteiger partial charge < -0.3 is 4.90 Å². The summed E-state index contributed by atoms with van der Waals surface area (Å²) in [6, 6.07) is 21.7. The Morgan fingerprint density at radius 1 is 0.964 bits per heavy atom. The first kappa shape index (κ1) is 16.9. The van der Waals surface area contributed by atoms with E-state index in [0.29, 0.717) is 17.2 Å². The van der Waals surface area contributed by atoms with E-state index in [0.717, 1.165) is 29.2 Å². The van der Waals surface area contributed by atoms with E-state index >= 15 is 0 Å². The summed E-state index contributed by atoms with van der Waals surface area (Å²) in [5.41, 5.74) is 3.90. The third-order valence-electron chi connectivity index (χ3n) is 4.80. The Bertz CT molecular complexity index is 1160. The van der Waals surface area contributed by atoms with Crippen molar-refractivity contribution in [2.75, 3.05) is 17.2 Å². The quantitative estimate of drug-likeness (QED) is 0.502. The standard InChI is InChI=1S/C21H17N5OS/c27-20(25-13-12-15-6-4-5-9-17(15)25)14-28-19-11-10-18-22-23-21(26(18)24-19)16-7-2-1-3-8-16/h1-11H,12-14H2. The van der Waals surface area contributed by atoms with Crippen molar-refractivity contribution in [2.24, 2.45) is 0 Å². The average Bonchev–Trinajstić information content (AvgIpc) is 3.36. The predicted octanol–water partition coefficient (Wildman–Crippen LogP) is 3.47. The molecule has 0 N–H and O–H groups in total. The molecule has 138 valence electrons. The molecule has 1 aliphatic heterocycles. The van der Waals surface area contributed by atoms with Crippen molar-refractivity contribution in [1.29, 1.82) is 0 Å². The van der Waals surface area contributed by atoms with Crippen molar-refractivity contribution in [3.63, 3.8) is 0 Å². The van der Waals surface area contributed by atoms with Crippen molar-refractivity contribution >= 4 is 29.0 Å². The molecule has 0 spiro atoms. The maximum Gasteiger partial charge on any atom is 0.237 e. The van der Waals surface area contributed by atoms with Gasteiger partial charge in [-0.1, -0.05) is 60.3 Å². The minimum Gasteiger partial charge on any atom is -0.311 e. The maximum atomic E-state index is 12.7. The van der Waals surface area contributed by atoms with Crippen molar-refractivity contribution < 1.29 is 4.79 Å². The number of hydrogen-bond donors (Lipinski definition) is 0. The second-order valence-electron chi connectivity index (χ2n) is 6.54. The van der Waals surface area contributed by atoms with Gasteiger partial charge in [-0.05, 0) is 30.2 Å². The van der Waals surface area contributed by atoms with E-state index in [1.165, 1.54) is 17.3 Å². The van der Waals surface area contributed by atoms with E-state index in [1.807, 2.05) is 65.6 Å². The fraction of sp³-hybridized carbons (Fsp3) is 0.143. The Labute approximate surface area is 166 Å². The molecule has 2 aromatic heterocycles. The first-order valence-electron chi connectivity index (χ1n) is 9.08. The molecule has 3 heterocycles. The van der Waals surface area contributed by atoms with E-state index in [1.54, 1.807) is 4.52 Å². The fourth-order valence-corrected chi connectivity index (χ4v) is 4.16. The molecule has 1 aliphatic rings. The van der Waals surface area contributed by atoms with Crippen LogP contribution in [-0.2, 0) is 11.2 Å². The van der Waals surface area contributed by atoms with E-state index in [4.69, 9.17) is 0 Å². The van der Waals surface area contributed by atoms with Gasteiger partial charge in [-0.2, -0.15) is 9.61 Å². The van der Waals surface area contributed by atoms with Gasteiger partial charge in [-0.25, -0.2) is 0 Å². The molecule has 5 rings (SSSR count). The number of thioether (sulfide) groups is 1. The van der Waals surface area contributed by atoms with Crippen molar-refractivity contribution in [3.05, 3.63) is 72.3 Å². The summed E-state index contributed by atoms with van der Waals surface area (Å²) in [7, 11) is 0. The van der Waals surface area contributed by atoms with E-state index < -0.39 is 0 Å². The van der Waals surface area contributed by atoms with Gasteiger partial charge in [0.1, 0.15) is 5.03 Å². The summed E-state index contributed by atoms with van der Waals surface area (Å²) >= 11 is 1.43. The SMILES string of the molecule is O=C(CSc1ccc2nnc(-c3ccccc3)n2n1)N1CCc2ccccc21. The van der Waals surface area contributed by atoms with Crippen LogP contribution in [0.4, 0.5) is 5.69 Å². The maximum absolute atomic E-state index is 12.7. The number of hydrogen-bond acceptors (Lipinski definition) is 5. The summed E-state index contributed by atoms with van der Waals surface area (Å²) in [5, 5.41) is 13.8. The Hall–Kier alpha value is -3.19. The van der Waals surface area contributed by atoms with Gasteiger partial charge in [0, 0.05) is 17.8 Å². The molecule has 6 nitrogen and oxygen atoms in total.